The normalized spacial score (nSPS) is 13.1. The Morgan fingerprint density at radius 1 is 0.756 bits per heavy atom. The Morgan fingerprint density at radius 3 is 2.02 bits per heavy atom. The Morgan fingerprint density at radius 2 is 1.40 bits per heavy atom. The van der Waals surface area contributed by atoms with Crippen LogP contribution in [-0.2, 0) is 51.3 Å². The van der Waals surface area contributed by atoms with Gasteiger partial charge in [0.05, 0.1) is 37.7 Å². The molecule has 2 unspecified atom stereocenters. The zero-order chi connectivity index (χ0) is 61.3. The first kappa shape index (κ1) is 68.2. The molecule has 82 heavy (non-hydrogen) atoms. The highest BCUT2D eigenvalue weighted by atomic mass is 19.1. The second kappa shape index (κ2) is 33.0. The third-order valence-corrected chi connectivity index (χ3v) is 12.8. The molecule has 5 atom stereocenters. The van der Waals surface area contributed by atoms with E-state index in [9.17, 15) is 53.0 Å². The summed E-state index contributed by atoms with van der Waals surface area (Å²) in [5.74, 6) is -7.53. The minimum absolute atomic E-state index is 0.0381. The minimum Gasteiger partial charge on any atom is -0.513 e. The Balaban J connectivity index is 0.00000872. The van der Waals surface area contributed by atoms with Gasteiger partial charge in [-0.1, -0.05) is 78.5 Å². The summed E-state index contributed by atoms with van der Waals surface area (Å²) in [6.07, 6.45) is 4.50. The van der Waals surface area contributed by atoms with Crippen molar-refractivity contribution in [3.8, 4) is 11.1 Å². The largest absolute Gasteiger partial charge is 0.513 e. The molecule has 23 heteroatoms. The highest BCUT2D eigenvalue weighted by Crippen LogP contribution is 2.41. The summed E-state index contributed by atoms with van der Waals surface area (Å²) in [5, 5.41) is 38.5. The second-order valence-electron chi connectivity index (χ2n) is 21.5. The predicted molar refractivity (Wildman–Crippen MR) is 307 cm³/mol. The molecule has 0 saturated carbocycles. The Hall–Kier alpha value is -8.05. The molecule has 4 rings (SSSR count). The Bertz CT molecular complexity index is 2790. The van der Waals surface area contributed by atoms with E-state index in [1.807, 2.05) is 85.7 Å². The fraction of sp³-hybridized carbons (Fsp3) is 0.475. The molecule has 0 saturated heterocycles. The molecule has 0 fully saturated rings. The highest BCUT2D eigenvalue weighted by Gasteiger charge is 2.39. The molecule has 8 amide bonds. The van der Waals surface area contributed by atoms with Gasteiger partial charge in [-0.05, 0) is 92.5 Å². The van der Waals surface area contributed by atoms with Crippen LogP contribution in [0.2, 0.25) is 0 Å². The summed E-state index contributed by atoms with van der Waals surface area (Å²) in [4.78, 5) is 112. The number of hydrogen-bond donors (Lipinski definition) is 10. The molecular weight excluding hydrogens is 1060 g/mol. The van der Waals surface area contributed by atoms with Crippen LogP contribution in [0.5, 0.6) is 0 Å². The Labute approximate surface area is 479 Å². The van der Waals surface area contributed by atoms with Crippen LogP contribution in [0.4, 0.5) is 8.78 Å². The number of aliphatic hydroxyl groups is 2. The van der Waals surface area contributed by atoms with Crippen LogP contribution in [0, 0.1) is 23.0 Å². The molecule has 0 bridgehead atoms. The topological polar surface area (TPSA) is 308 Å². The number of benzene rings is 2. The van der Waals surface area contributed by atoms with E-state index in [0.29, 0.717) is 24.1 Å². The van der Waals surface area contributed by atoms with Crippen molar-refractivity contribution in [1.29, 1.82) is 0 Å². The van der Waals surface area contributed by atoms with E-state index in [2.05, 4.69) is 48.8 Å². The number of aromatic nitrogens is 2. The summed E-state index contributed by atoms with van der Waals surface area (Å²) < 4.78 is 31.9. The van der Waals surface area contributed by atoms with Crippen molar-refractivity contribution in [3.63, 3.8) is 0 Å². The first-order valence-corrected chi connectivity index (χ1v) is 27.3. The fourth-order valence-corrected chi connectivity index (χ4v) is 9.21. The summed E-state index contributed by atoms with van der Waals surface area (Å²) in [6, 6.07) is 11.6. The van der Waals surface area contributed by atoms with Crippen LogP contribution >= 0.6 is 0 Å². The number of hydrogen-bond acceptors (Lipinski definition) is 12. The van der Waals surface area contributed by atoms with E-state index < -0.39 is 114 Å². The van der Waals surface area contributed by atoms with Crippen molar-refractivity contribution < 1.29 is 57.4 Å². The molecule has 2 aromatic heterocycles. The molecule has 0 aliphatic carbocycles. The van der Waals surface area contributed by atoms with E-state index in [0.717, 1.165) is 23.8 Å². The van der Waals surface area contributed by atoms with Crippen molar-refractivity contribution in [2.45, 2.75) is 131 Å². The highest BCUT2D eigenvalue weighted by molar-refractivity contribution is 5.96. The number of pyridine rings is 1. The molecule has 0 aliphatic heterocycles. The monoisotopic (exact) mass is 1140 g/mol. The number of allylic oxidation sites excluding steroid dienone is 1. The number of carbonyl (C=O) groups excluding carboxylic acids is 8. The van der Waals surface area contributed by atoms with Gasteiger partial charge in [-0.3, -0.25) is 43.3 Å². The lowest BCUT2D eigenvalue weighted by atomic mass is 9.82. The molecule has 2 aromatic carbocycles. The maximum absolute atomic E-state index is 15.4. The number of amides is 8. The summed E-state index contributed by atoms with van der Waals surface area (Å²) in [5.41, 5.74) is 6.33. The fourth-order valence-electron chi connectivity index (χ4n) is 9.21. The van der Waals surface area contributed by atoms with Gasteiger partial charge in [-0.2, -0.15) is 0 Å². The average molecular weight is 1140 g/mol. The first-order chi connectivity index (χ1) is 38.7. The van der Waals surface area contributed by atoms with E-state index >= 15 is 4.39 Å². The molecule has 448 valence electrons. The standard InChI is InChI=1S/C57H77F2N11O10.C2H6/c1-35(24-36(2)72)29-57(7,8)65-31-49(75)62-21-22-63-54(79)44(67-55(80)45(28-47(60)73)68-53(78)37(3)66-50(76)30-64-48(74)25-38-16-19-61-20-17-38)18-23-70(51(77)34-71)52(56(4,5)6)46-26-40(42-27-41(58)14-15-43(42)59)33-69(46)32-39-12-10-9-11-13-39;1-2/h9-17,19-20,26-27,33,35,37,44-45,52,65,71-72H,2,18,21-25,28-32,34H2,1,3-8H3,(H2,60,73)(H,62,75)(H,63,79)(H,64,74)(H,66,76)(H,67,80)(H,68,78);1-2H3/t35?,37-,44-,45-,52?;/m0./s1. The van der Waals surface area contributed by atoms with Gasteiger partial charge in [0.1, 0.15) is 36.4 Å². The molecule has 21 nitrogen and oxygen atoms in total. The molecule has 4 aromatic rings. The van der Waals surface area contributed by atoms with Gasteiger partial charge in [0.15, 0.2) is 0 Å². The molecular formula is C59H83F2N11O10. The van der Waals surface area contributed by atoms with Crippen LogP contribution in [0.1, 0.15) is 111 Å². The molecule has 0 aliphatic rings. The number of halogens is 2. The van der Waals surface area contributed by atoms with Crippen LogP contribution in [-0.4, -0.2) is 135 Å². The van der Waals surface area contributed by atoms with Gasteiger partial charge in [-0.25, -0.2) is 8.78 Å². The van der Waals surface area contributed by atoms with Gasteiger partial charge in [0, 0.05) is 73.6 Å². The maximum Gasteiger partial charge on any atom is 0.248 e. The van der Waals surface area contributed by atoms with E-state index in [4.69, 9.17) is 5.73 Å². The molecule has 0 radical (unpaired) electrons. The number of nitrogens with zero attached hydrogens (tertiary/aromatic N) is 3. The number of nitrogens with two attached hydrogens (primary N) is 1. The SMILES string of the molecule is C=C(O)CC(C)CC(C)(C)NCC(=O)NCCNC(=O)[C@H](CCN(C(=O)CO)C(c1cc(-c2cc(F)ccc2F)cn1Cc1ccccc1)C(C)(C)C)NC(=O)[C@H](CC(N)=O)NC(=O)[C@H](C)NC(=O)CNC(=O)Cc1ccncc1.CC. The zero-order valence-corrected chi connectivity index (χ0v) is 48.5. The van der Waals surface area contributed by atoms with Crippen molar-refractivity contribution in [2.75, 3.05) is 39.3 Å². The third-order valence-electron chi connectivity index (χ3n) is 12.8. The molecule has 2 heterocycles. The van der Waals surface area contributed by atoms with Crippen LogP contribution in [0.3, 0.4) is 0 Å². The molecule has 11 N–H and O–H groups in total. The van der Waals surface area contributed by atoms with Crippen molar-refractivity contribution >= 4 is 47.3 Å². The summed E-state index contributed by atoms with van der Waals surface area (Å²) in [6.45, 7) is 18.1. The predicted octanol–water partition coefficient (Wildman–Crippen LogP) is 4.00. The summed E-state index contributed by atoms with van der Waals surface area (Å²) in [7, 11) is 0. The van der Waals surface area contributed by atoms with Crippen molar-refractivity contribution in [1.82, 2.24) is 51.7 Å². The molecule has 0 spiro atoms. The van der Waals surface area contributed by atoms with E-state index in [1.165, 1.54) is 24.2 Å². The first-order valence-electron chi connectivity index (χ1n) is 27.3. The second-order valence-corrected chi connectivity index (χ2v) is 21.5. The maximum atomic E-state index is 15.4. The lowest BCUT2D eigenvalue weighted by Crippen LogP contribution is -2.58. The minimum atomic E-state index is -1.71. The summed E-state index contributed by atoms with van der Waals surface area (Å²) >= 11 is 0. The van der Waals surface area contributed by atoms with Crippen LogP contribution < -0.4 is 43.0 Å². The quantitative estimate of drug-likeness (QED) is 0.0253. The van der Waals surface area contributed by atoms with E-state index in [1.54, 1.807) is 29.0 Å². The lowest BCUT2D eigenvalue weighted by molar-refractivity contribution is -0.140. The number of carbonyl (C=O) groups is 8. The Kier molecular flexibility index (Phi) is 27.5. The lowest BCUT2D eigenvalue weighted by Gasteiger charge is -2.41. The van der Waals surface area contributed by atoms with Crippen LogP contribution in [0.25, 0.3) is 11.1 Å². The zero-order valence-electron chi connectivity index (χ0n) is 48.5. The smallest absolute Gasteiger partial charge is 0.248 e. The van der Waals surface area contributed by atoms with Gasteiger partial charge in [0.25, 0.3) is 0 Å². The number of aliphatic hydroxyl groups excluding tert-OH is 2. The average Bonchev–Trinajstić information content (AvgIpc) is 3.91. The van der Waals surface area contributed by atoms with Gasteiger partial charge in [0.2, 0.25) is 47.3 Å². The van der Waals surface area contributed by atoms with Gasteiger partial charge >= 0.3 is 0 Å². The number of rotatable bonds is 31. The van der Waals surface area contributed by atoms with Gasteiger partial charge < -0.3 is 62.6 Å². The number of nitrogens with one attached hydrogen (secondary N) is 7. The van der Waals surface area contributed by atoms with E-state index in [-0.39, 0.29) is 68.4 Å². The van der Waals surface area contributed by atoms with Crippen molar-refractivity contribution in [3.05, 3.63) is 126 Å². The van der Waals surface area contributed by atoms with Gasteiger partial charge in [-0.15, -0.1) is 0 Å². The number of primary amides is 1. The van der Waals surface area contributed by atoms with Crippen molar-refractivity contribution in [2.24, 2.45) is 17.1 Å². The third kappa shape index (κ3) is 23.2. The van der Waals surface area contributed by atoms with Crippen LogP contribution in [0.15, 0.2) is 97.7 Å².